The Labute approximate surface area is 117 Å². The number of nitrogens with zero attached hydrogens (tertiary/aromatic N) is 1. The molecule has 2 rings (SSSR count). The zero-order valence-corrected chi connectivity index (χ0v) is 11.7. The van der Waals surface area contributed by atoms with E-state index >= 15 is 0 Å². The van der Waals surface area contributed by atoms with Crippen molar-refractivity contribution in [2.45, 2.75) is 12.6 Å². The SMILES string of the molecule is COCC(O)CNCc1csc(-c2ccccc2)n1. The molecule has 19 heavy (non-hydrogen) atoms. The first kappa shape index (κ1) is 14.1. The number of thiazole rings is 1. The Morgan fingerprint density at radius 3 is 2.89 bits per heavy atom. The van der Waals surface area contributed by atoms with Crippen LogP contribution < -0.4 is 5.32 Å². The van der Waals surface area contributed by atoms with Crippen LogP contribution in [-0.2, 0) is 11.3 Å². The Kier molecular flexibility index (Phi) is 5.47. The highest BCUT2D eigenvalue weighted by Gasteiger charge is 2.06. The van der Waals surface area contributed by atoms with E-state index in [1.807, 2.05) is 23.6 Å². The smallest absolute Gasteiger partial charge is 0.123 e. The molecule has 1 heterocycles. The van der Waals surface area contributed by atoms with Gasteiger partial charge in [-0.25, -0.2) is 4.98 Å². The molecule has 0 saturated heterocycles. The molecular weight excluding hydrogens is 260 g/mol. The normalized spacial score (nSPS) is 12.5. The number of hydrogen-bond acceptors (Lipinski definition) is 5. The van der Waals surface area contributed by atoms with Crippen LogP contribution in [0.4, 0.5) is 0 Å². The molecule has 102 valence electrons. The van der Waals surface area contributed by atoms with Crippen LogP contribution in [0.2, 0.25) is 0 Å². The van der Waals surface area contributed by atoms with Gasteiger partial charge in [0.25, 0.3) is 0 Å². The fraction of sp³-hybridized carbons (Fsp3) is 0.357. The van der Waals surface area contributed by atoms with Gasteiger partial charge in [-0.2, -0.15) is 0 Å². The number of aliphatic hydroxyl groups is 1. The third kappa shape index (κ3) is 4.40. The summed E-state index contributed by atoms with van der Waals surface area (Å²) < 4.78 is 4.86. The lowest BCUT2D eigenvalue weighted by Crippen LogP contribution is -2.29. The minimum absolute atomic E-state index is 0.347. The average Bonchev–Trinajstić information content (AvgIpc) is 2.89. The van der Waals surface area contributed by atoms with Crippen LogP contribution in [0.25, 0.3) is 10.6 Å². The molecule has 0 bridgehead atoms. The largest absolute Gasteiger partial charge is 0.389 e. The maximum absolute atomic E-state index is 9.51. The summed E-state index contributed by atoms with van der Waals surface area (Å²) in [6, 6.07) is 10.1. The van der Waals surface area contributed by atoms with E-state index in [9.17, 15) is 5.11 Å². The van der Waals surface area contributed by atoms with E-state index in [1.54, 1.807) is 18.4 Å². The standard InChI is InChI=1S/C14H18N2O2S/c1-18-9-13(17)8-15-7-12-10-19-14(16-12)11-5-3-2-4-6-11/h2-6,10,13,15,17H,7-9H2,1H3. The minimum Gasteiger partial charge on any atom is -0.389 e. The number of ether oxygens (including phenoxy) is 1. The molecule has 0 fully saturated rings. The van der Waals surface area contributed by atoms with E-state index in [0.717, 1.165) is 16.3 Å². The summed E-state index contributed by atoms with van der Waals surface area (Å²) in [6.07, 6.45) is -0.475. The number of methoxy groups -OCH3 is 1. The second kappa shape index (κ2) is 7.35. The van der Waals surface area contributed by atoms with Gasteiger partial charge in [0.1, 0.15) is 5.01 Å². The molecule has 0 aliphatic heterocycles. The molecule has 1 aromatic carbocycles. The fourth-order valence-electron chi connectivity index (χ4n) is 1.72. The molecule has 4 nitrogen and oxygen atoms in total. The highest BCUT2D eigenvalue weighted by Crippen LogP contribution is 2.22. The molecular formula is C14H18N2O2S. The average molecular weight is 278 g/mol. The first-order chi connectivity index (χ1) is 9.29. The van der Waals surface area contributed by atoms with Crippen LogP contribution in [0.15, 0.2) is 35.7 Å². The van der Waals surface area contributed by atoms with Gasteiger partial charge < -0.3 is 15.2 Å². The summed E-state index contributed by atoms with van der Waals surface area (Å²) >= 11 is 1.63. The predicted octanol–water partition coefficient (Wildman–Crippen LogP) is 1.91. The summed E-state index contributed by atoms with van der Waals surface area (Å²) in [5, 5.41) is 15.7. The van der Waals surface area contributed by atoms with Crippen molar-refractivity contribution in [3.8, 4) is 10.6 Å². The summed E-state index contributed by atoms with van der Waals surface area (Å²) in [6.45, 7) is 1.51. The lowest BCUT2D eigenvalue weighted by atomic mass is 10.2. The molecule has 1 aromatic heterocycles. The Hall–Kier alpha value is -1.27. The topological polar surface area (TPSA) is 54.4 Å². The van der Waals surface area contributed by atoms with E-state index in [0.29, 0.717) is 19.7 Å². The molecule has 1 unspecified atom stereocenters. The Morgan fingerprint density at radius 2 is 2.16 bits per heavy atom. The van der Waals surface area contributed by atoms with Gasteiger partial charge in [0, 0.05) is 31.1 Å². The minimum atomic E-state index is -0.475. The van der Waals surface area contributed by atoms with Crippen LogP contribution in [0.5, 0.6) is 0 Å². The molecule has 2 N–H and O–H groups in total. The molecule has 0 spiro atoms. The Balaban J connectivity index is 1.85. The number of aromatic nitrogens is 1. The van der Waals surface area contributed by atoms with Crippen LogP contribution in [0.1, 0.15) is 5.69 Å². The van der Waals surface area contributed by atoms with Crippen LogP contribution in [0.3, 0.4) is 0 Å². The van der Waals surface area contributed by atoms with Crippen molar-refractivity contribution in [2.75, 3.05) is 20.3 Å². The number of aliphatic hydroxyl groups excluding tert-OH is 1. The van der Waals surface area contributed by atoms with Gasteiger partial charge in [-0.15, -0.1) is 11.3 Å². The lowest BCUT2D eigenvalue weighted by Gasteiger charge is -2.09. The molecule has 0 amide bonds. The molecule has 0 aliphatic rings. The zero-order valence-electron chi connectivity index (χ0n) is 10.9. The summed E-state index contributed by atoms with van der Waals surface area (Å²) in [4.78, 5) is 4.57. The van der Waals surface area contributed by atoms with Crippen LogP contribution in [-0.4, -0.2) is 36.5 Å². The number of nitrogens with one attached hydrogen (secondary N) is 1. The third-order valence-electron chi connectivity index (χ3n) is 2.62. The van der Waals surface area contributed by atoms with Crippen molar-refractivity contribution >= 4 is 11.3 Å². The maximum Gasteiger partial charge on any atom is 0.123 e. The van der Waals surface area contributed by atoms with Gasteiger partial charge >= 0.3 is 0 Å². The van der Waals surface area contributed by atoms with Gasteiger partial charge in [0.15, 0.2) is 0 Å². The number of rotatable bonds is 7. The van der Waals surface area contributed by atoms with Gasteiger partial charge in [-0.1, -0.05) is 30.3 Å². The van der Waals surface area contributed by atoms with Gasteiger partial charge in [0.2, 0.25) is 0 Å². The molecule has 1 atom stereocenters. The van der Waals surface area contributed by atoms with E-state index in [-0.39, 0.29) is 0 Å². The van der Waals surface area contributed by atoms with E-state index in [4.69, 9.17) is 4.74 Å². The van der Waals surface area contributed by atoms with E-state index in [1.165, 1.54) is 0 Å². The number of hydrogen-bond donors (Lipinski definition) is 2. The monoisotopic (exact) mass is 278 g/mol. The molecule has 0 aliphatic carbocycles. The summed E-state index contributed by atoms with van der Waals surface area (Å²) in [7, 11) is 1.58. The molecule has 0 saturated carbocycles. The van der Waals surface area contributed by atoms with Crippen molar-refractivity contribution in [1.82, 2.24) is 10.3 Å². The van der Waals surface area contributed by atoms with Gasteiger partial charge in [-0.05, 0) is 0 Å². The van der Waals surface area contributed by atoms with Gasteiger partial charge in [-0.3, -0.25) is 0 Å². The van der Waals surface area contributed by atoms with E-state index < -0.39 is 6.10 Å². The first-order valence-corrected chi connectivity index (χ1v) is 7.05. The van der Waals surface area contributed by atoms with Crippen molar-refractivity contribution < 1.29 is 9.84 Å². The zero-order chi connectivity index (χ0) is 13.5. The number of benzene rings is 1. The van der Waals surface area contributed by atoms with Crippen molar-refractivity contribution in [1.29, 1.82) is 0 Å². The highest BCUT2D eigenvalue weighted by molar-refractivity contribution is 7.13. The van der Waals surface area contributed by atoms with Crippen molar-refractivity contribution in [3.05, 3.63) is 41.4 Å². The summed E-state index contributed by atoms with van der Waals surface area (Å²) in [5.41, 5.74) is 2.13. The quantitative estimate of drug-likeness (QED) is 0.812. The van der Waals surface area contributed by atoms with E-state index in [2.05, 4.69) is 22.4 Å². The highest BCUT2D eigenvalue weighted by atomic mass is 32.1. The molecule has 5 heteroatoms. The van der Waals surface area contributed by atoms with Crippen molar-refractivity contribution in [3.63, 3.8) is 0 Å². The molecule has 0 radical (unpaired) electrons. The Morgan fingerprint density at radius 1 is 1.37 bits per heavy atom. The predicted molar refractivity (Wildman–Crippen MR) is 77.1 cm³/mol. The fourth-order valence-corrected chi connectivity index (χ4v) is 2.55. The second-order valence-electron chi connectivity index (χ2n) is 4.25. The molecule has 2 aromatic rings. The van der Waals surface area contributed by atoms with Crippen LogP contribution >= 0.6 is 11.3 Å². The maximum atomic E-state index is 9.51. The van der Waals surface area contributed by atoms with Crippen LogP contribution in [0, 0.1) is 0 Å². The van der Waals surface area contributed by atoms with Gasteiger partial charge in [0.05, 0.1) is 18.4 Å². The lowest BCUT2D eigenvalue weighted by molar-refractivity contribution is 0.0644. The first-order valence-electron chi connectivity index (χ1n) is 6.17. The summed E-state index contributed by atoms with van der Waals surface area (Å²) in [5.74, 6) is 0. The Bertz CT molecular complexity index is 487. The second-order valence-corrected chi connectivity index (χ2v) is 5.11. The third-order valence-corrected chi connectivity index (χ3v) is 3.56. The van der Waals surface area contributed by atoms with Crippen molar-refractivity contribution in [2.24, 2.45) is 0 Å².